The number of aliphatic hydroxyl groups excluding tert-OH is 1. The SMILES string of the molecule is CC(C)CCC(C)NS(=O)(=O)c1cc(CO)sc1Br. The molecule has 0 aliphatic heterocycles. The lowest BCUT2D eigenvalue weighted by atomic mass is 10.1. The van der Waals surface area contributed by atoms with Crippen LogP contribution in [0.1, 0.15) is 38.5 Å². The summed E-state index contributed by atoms with van der Waals surface area (Å²) in [5.74, 6) is 0.556. The van der Waals surface area contributed by atoms with Crippen molar-refractivity contribution < 1.29 is 13.5 Å². The highest BCUT2D eigenvalue weighted by molar-refractivity contribution is 9.11. The van der Waals surface area contributed by atoms with E-state index in [0.717, 1.165) is 12.8 Å². The van der Waals surface area contributed by atoms with E-state index in [0.29, 0.717) is 14.6 Å². The number of sulfonamides is 1. The van der Waals surface area contributed by atoms with Gasteiger partial charge in [-0.2, -0.15) is 0 Å². The standard InChI is InChI=1S/C12H20BrNO3S2/c1-8(2)4-5-9(3)14-19(16,17)11-6-10(7-15)18-12(11)13/h6,8-9,14-15H,4-5,7H2,1-3H3. The van der Waals surface area contributed by atoms with Gasteiger partial charge in [-0.1, -0.05) is 13.8 Å². The first-order valence-corrected chi connectivity index (χ1v) is 9.27. The van der Waals surface area contributed by atoms with Crippen LogP contribution < -0.4 is 4.72 Å². The molecule has 110 valence electrons. The van der Waals surface area contributed by atoms with Gasteiger partial charge in [-0.15, -0.1) is 11.3 Å². The molecule has 1 atom stereocenters. The zero-order valence-electron chi connectivity index (χ0n) is 11.3. The third-order valence-electron chi connectivity index (χ3n) is 2.69. The molecule has 0 saturated heterocycles. The smallest absolute Gasteiger partial charge is 0.242 e. The Balaban J connectivity index is 2.77. The fourth-order valence-corrected chi connectivity index (χ4v) is 5.45. The summed E-state index contributed by atoms with van der Waals surface area (Å²) < 4.78 is 27.6. The van der Waals surface area contributed by atoms with Crippen LogP contribution in [0.25, 0.3) is 0 Å². The molecule has 1 aromatic heterocycles. The number of rotatable bonds is 7. The van der Waals surface area contributed by atoms with Gasteiger partial charge in [0.25, 0.3) is 0 Å². The molecule has 0 saturated carbocycles. The molecule has 19 heavy (non-hydrogen) atoms. The predicted octanol–water partition coefficient (Wildman–Crippen LogP) is 3.11. The van der Waals surface area contributed by atoms with E-state index in [1.807, 2.05) is 6.92 Å². The van der Waals surface area contributed by atoms with E-state index in [-0.39, 0.29) is 17.5 Å². The fraction of sp³-hybridized carbons (Fsp3) is 0.667. The summed E-state index contributed by atoms with van der Waals surface area (Å²) in [5, 5.41) is 9.04. The summed E-state index contributed by atoms with van der Waals surface area (Å²) in [6.07, 6.45) is 1.79. The van der Waals surface area contributed by atoms with Crippen LogP contribution >= 0.6 is 27.3 Å². The molecule has 0 spiro atoms. The van der Waals surface area contributed by atoms with Gasteiger partial charge >= 0.3 is 0 Å². The van der Waals surface area contributed by atoms with Crippen molar-refractivity contribution in [1.82, 2.24) is 4.72 Å². The Morgan fingerprint density at radius 1 is 1.37 bits per heavy atom. The first kappa shape index (κ1) is 17.1. The van der Waals surface area contributed by atoms with E-state index in [9.17, 15) is 8.42 Å². The highest BCUT2D eigenvalue weighted by Gasteiger charge is 2.22. The van der Waals surface area contributed by atoms with Crippen molar-refractivity contribution in [3.05, 3.63) is 14.7 Å². The molecule has 0 radical (unpaired) electrons. The maximum atomic E-state index is 12.2. The largest absolute Gasteiger partial charge is 0.391 e. The van der Waals surface area contributed by atoms with Crippen molar-refractivity contribution in [3.63, 3.8) is 0 Å². The van der Waals surface area contributed by atoms with Gasteiger partial charge in [0.2, 0.25) is 10.0 Å². The molecule has 0 aliphatic rings. The summed E-state index contributed by atoms with van der Waals surface area (Å²) >= 11 is 4.47. The molecular formula is C12H20BrNO3S2. The van der Waals surface area contributed by atoms with Gasteiger partial charge in [0.1, 0.15) is 4.90 Å². The van der Waals surface area contributed by atoms with Crippen LogP contribution in [0.3, 0.4) is 0 Å². The van der Waals surface area contributed by atoms with Crippen molar-refractivity contribution in [2.24, 2.45) is 5.92 Å². The topological polar surface area (TPSA) is 66.4 Å². The van der Waals surface area contributed by atoms with Crippen LogP contribution in [0.15, 0.2) is 14.7 Å². The van der Waals surface area contributed by atoms with E-state index in [1.54, 1.807) is 0 Å². The fourth-order valence-electron chi connectivity index (χ4n) is 1.63. The average Bonchev–Trinajstić information content (AvgIpc) is 2.68. The molecule has 1 aromatic rings. The predicted molar refractivity (Wildman–Crippen MR) is 81.8 cm³/mol. The monoisotopic (exact) mass is 369 g/mol. The quantitative estimate of drug-likeness (QED) is 0.775. The molecule has 4 nitrogen and oxygen atoms in total. The molecule has 1 rings (SSSR count). The molecule has 0 aliphatic carbocycles. The normalized spacial score (nSPS) is 14.0. The van der Waals surface area contributed by atoms with Crippen LogP contribution in [0, 0.1) is 5.92 Å². The molecule has 1 unspecified atom stereocenters. The summed E-state index contributed by atoms with van der Waals surface area (Å²) in [7, 11) is -3.52. The number of thiophene rings is 1. The van der Waals surface area contributed by atoms with Gasteiger partial charge in [0.15, 0.2) is 0 Å². The first-order chi connectivity index (χ1) is 8.76. The minimum absolute atomic E-state index is 0.100. The molecule has 7 heteroatoms. The molecule has 0 bridgehead atoms. The Hall–Kier alpha value is 0.0500. The Morgan fingerprint density at radius 2 is 2.00 bits per heavy atom. The second kappa shape index (κ2) is 7.17. The van der Waals surface area contributed by atoms with Gasteiger partial charge in [-0.3, -0.25) is 0 Å². The average molecular weight is 370 g/mol. The number of halogens is 1. The molecule has 1 heterocycles. The maximum absolute atomic E-state index is 12.2. The Kier molecular flexibility index (Phi) is 6.46. The number of aliphatic hydroxyl groups is 1. The summed E-state index contributed by atoms with van der Waals surface area (Å²) in [6.45, 7) is 5.95. The Morgan fingerprint density at radius 3 is 2.47 bits per heavy atom. The highest BCUT2D eigenvalue weighted by atomic mass is 79.9. The molecule has 2 N–H and O–H groups in total. The zero-order chi connectivity index (χ0) is 14.6. The van der Waals surface area contributed by atoms with Crippen molar-refractivity contribution >= 4 is 37.3 Å². The van der Waals surface area contributed by atoms with Crippen molar-refractivity contribution in [1.29, 1.82) is 0 Å². The van der Waals surface area contributed by atoms with Crippen LogP contribution in [0.2, 0.25) is 0 Å². The van der Waals surface area contributed by atoms with Gasteiger partial charge in [0, 0.05) is 10.9 Å². The molecule has 0 aromatic carbocycles. The Bertz CT molecular complexity index is 511. The second-order valence-corrected chi connectivity index (χ2v) is 9.14. The lowest BCUT2D eigenvalue weighted by Gasteiger charge is -2.15. The zero-order valence-corrected chi connectivity index (χ0v) is 14.5. The minimum atomic E-state index is -3.52. The molecular weight excluding hydrogens is 350 g/mol. The summed E-state index contributed by atoms with van der Waals surface area (Å²) in [5.41, 5.74) is 0. The lowest BCUT2D eigenvalue weighted by Crippen LogP contribution is -2.32. The number of hydrogen-bond donors (Lipinski definition) is 2. The first-order valence-electron chi connectivity index (χ1n) is 6.17. The maximum Gasteiger partial charge on any atom is 0.242 e. The van der Waals surface area contributed by atoms with E-state index >= 15 is 0 Å². The summed E-state index contributed by atoms with van der Waals surface area (Å²) in [6, 6.07) is 1.41. The second-order valence-electron chi connectivity index (χ2n) is 5.00. The van der Waals surface area contributed by atoms with Crippen LogP contribution in [-0.4, -0.2) is 19.6 Å². The Labute approximate surface area is 127 Å². The van der Waals surface area contributed by atoms with E-state index in [1.165, 1.54) is 17.4 Å². The van der Waals surface area contributed by atoms with Crippen LogP contribution in [0.5, 0.6) is 0 Å². The third-order valence-corrected chi connectivity index (χ3v) is 6.51. The van der Waals surface area contributed by atoms with Crippen molar-refractivity contribution in [3.8, 4) is 0 Å². The number of nitrogens with one attached hydrogen (secondary N) is 1. The van der Waals surface area contributed by atoms with Gasteiger partial charge in [-0.05, 0) is 47.7 Å². The minimum Gasteiger partial charge on any atom is -0.391 e. The van der Waals surface area contributed by atoms with Gasteiger partial charge < -0.3 is 5.11 Å². The van der Waals surface area contributed by atoms with E-state index in [2.05, 4.69) is 34.5 Å². The highest BCUT2D eigenvalue weighted by Crippen LogP contribution is 2.31. The van der Waals surface area contributed by atoms with E-state index in [4.69, 9.17) is 5.11 Å². The summed E-state index contributed by atoms with van der Waals surface area (Å²) in [4.78, 5) is 0.833. The van der Waals surface area contributed by atoms with Crippen LogP contribution in [-0.2, 0) is 16.6 Å². The van der Waals surface area contributed by atoms with Crippen molar-refractivity contribution in [2.75, 3.05) is 0 Å². The van der Waals surface area contributed by atoms with E-state index < -0.39 is 10.0 Å². The number of hydrogen-bond acceptors (Lipinski definition) is 4. The third kappa shape index (κ3) is 5.15. The van der Waals surface area contributed by atoms with Gasteiger partial charge in [-0.25, -0.2) is 13.1 Å². The van der Waals surface area contributed by atoms with Crippen LogP contribution in [0.4, 0.5) is 0 Å². The lowest BCUT2D eigenvalue weighted by molar-refractivity contribution is 0.285. The van der Waals surface area contributed by atoms with Crippen molar-refractivity contribution in [2.45, 2.75) is 51.2 Å². The molecule has 0 fully saturated rings. The van der Waals surface area contributed by atoms with Gasteiger partial charge in [0.05, 0.1) is 10.4 Å². The molecule has 0 amide bonds.